The first-order valence-corrected chi connectivity index (χ1v) is 12.2. The lowest BCUT2D eigenvalue weighted by atomic mass is 10.2. The van der Waals surface area contributed by atoms with Crippen LogP contribution in [0.5, 0.6) is 17.2 Å². The van der Waals surface area contributed by atoms with Crippen LogP contribution in [0.2, 0.25) is 5.28 Å². The fraction of sp³-hybridized carbons (Fsp3) is 0.348. The van der Waals surface area contributed by atoms with E-state index in [0.29, 0.717) is 52.3 Å². The van der Waals surface area contributed by atoms with Crippen LogP contribution >= 0.6 is 11.6 Å². The fourth-order valence-electron chi connectivity index (χ4n) is 4.37. The molecule has 0 spiro atoms. The number of benzene rings is 1. The fourth-order valence-corrected chi connectivity index (χ4v) is 4.53. The van der Waals surface area contributed by atoms with Gasteiger partial charge in [-0.1, -0.05) is 6.07 Å². The minimum atomic E-state index is -0.798. The third-order valence-electron chi connectivity index (χ3n) is 6.25. The molecule has 0 saturated carbocycles. The Labute approximate surface area is 219 Å². The first kappa shape index (κ1) is 24.4. The molecular formula is C23H23ClN8O6. The van der Waals surface area contributed by atoms with E-state index in [4.69, 9.17) is 25.8 Å². The number of para-hydroxylation sites is 1. The Bertz CT molecular complexity index is 1580. The summed E-state index contributed by atoms with van der Waals surface area (Å²) in [5, 5.41) is 25.8. The standard InChI is InChI=1S/C23H23ClN8O6/c1-31-8-14-19(29-23(31)35)27-17-12(3-2-4-13(17)37-14)36-6-5-25-20-18-21(30-22(24)28-20)32(10-26-18)16-7-11(34)15(9-33)38-16/h2-4,8,10-11,15-16,33-34H,5-7,9H2,1H3,(H,25,28,30)(H,27,29,35)/t11-,15+,16+/m0/s1. The number of rotatable bonds is 7. The van der Waals surface area contributed by atoms with E-state index in [1.165, 1.54) is 10.9 Å². The molecule has 1 fully saturated rings. The van der Waals surface area contributed by atoms with Gasteiger partial charge in [0.15, 0.2) is 34.3 Å². The zero-order valence-corrected chi connectivity index (χ0v) is 20.8. The van der Waals surface area contributed by atoms with E-state index in [1.54, 1.807) is 36.0 Å². The molecule has 0 aliphatic carbocycles. The molecular weight excluding hydrogens is 520 g/mol. The molecule has 2 aliphatic rings. The van der Waals surface area contributed by atoms with E-state index in [1.807, 2.05) is 0 Å². The highest BCUT2D eigenvalue weighted by molar-refractivity contribution is 6.28. The highest BCUT2D eigenvalue weighted by Crippen LogP contribution is 2.45. The van der Waals surface area contributed by atoms with Crippen molar-refractivity contribution in [3.05, 3.63) is 46.5 Å². The maximum absolute atomic E-state index is 11.9. The molecule has 1 saturated heterocycles. The molecule has 5 heterocycles. The largest absolute Gasteiger partial charge is 0.489 e. The molecule has 0 radical (unpaired) electrons. The van der Waals surface area contributed by atoms with Crippen LogP contribution in [-0.2, 0) is 11.8 Å². The van der Waals surface area contributed by atoms with E-state index in [-0.39, 0.29) is 24.9 Å². The van der Waals surface area contributed by atoms with Gasteiger partial charge in [-0.25, -0.2) is 9.78 Å². The van der Waals surface area contributed by atoms with E-state index >= 15 is 0 Å². The van der Waals surface area contributed by atoms with E-state index < -0.39 is 24.1 Å². The van der Waals surface area contributed by atoms with Gasteiger partial charge in [0.05, 0.1) is 31.8 Å². The number of aromatic nitrogens is 6. The summed E-state index contributed by atoms with van der Waals surface area (Å²) in [5.41, 5.74) is 1.05. The number of fused-ring (bicyclic) bond motifs is 3. The average Bonchev–Trinajstić information content (AvgIpc) is 3.49. The lowest BCUT2D eigenvalue weighted by molar-refractivity contribution is -0.0432. The molecule has 4 aromatic rings. The van der Waals surface area contributed by atoms with Crippen molar-refractivity contribution in [1.29, 1.82) is 0 Å². The molecule has 3 atom stereocenters. The summed E-state index contributed by atoms with van der Waals surface area (Å²) in [6.07, 6.45) is 1.36. The van der Waals surface area contributed by atoms with Gasteiger partial charge in [-0.15, -0.1) is 0 Å². The molecule has 4 N–H and O–H groups in total. The Balaban J connectivity index is 1.15. The van der Waals surface area contributed by atoms with Gasteiger partial charge in [-0.05, 0) is 23.7 Å². The Morgan fingerprint density at radius 2 is 2.16 bits per heavy atom. The number of nitrogens with one attached hydrogen (secondary N) is 2. The number of hydrogen-bond acceptors (Lipinski definition) is 12. The van der Waals surface area contributed by atoms with Crippen LogP contribution in [-0.4, -0.2) is 71.2 Å². The second kappa shape index (κ2) is 9.72. The summed E-state index contributed by atoms with van der Waals surface area (Å²) < 4.78 is 20.6. The van der Waals surface area contributed by atoms with Crippen molar-refractivity contribution >= 4 is 40.1 Å². The Morgan fingerprint density at radius 1 is 1.29 bits per heavy atom. The number of nitrogens with zero attached hydrogens (tertiary/aromatic N) is 6. The summed E-state index contributed by atoms with van der Waals surface area (Å²) in [4.78, 5) is 28.9. The molecule has 198 valence electrons. The summed E-state index contributed by atoms with van der Waals surface area (Å²) >= 11 is 6.18. The van der Waals surface area contributed by atoms with Gasteiger partial charge in [0.25, 0.3) is 0 Å². The van der Waals surface area contributed by atoms with E-state index in [9.17, 15) is 15.0 Å². The van der Waals surface area contributed by atoms with Crippen LogP contribution < -0.4 is 25.8 Å². The maximum atomic E-state index is 11.9. The predicted octanol–water partition coefficient (Wildman–Crippen LogP) is 1.55. The molecule has 6 rings (SSSR count). The van der Waals surface area contributed by atoms with Gasteiger partial charge in [-0.2, -0.15) is 15.0 Å². The maximum Gasteiger partial charge on any atom is 0.349 e. The molecule has 0 bridgehead atoms. The predicted molar refractivity (Wildman–Crippen MR) is 135 cm³/mol. The topological polar surface area (TPSA) is 171 Å². The third kappa shape index (κ3) is 4.36. The summed E-state index contributed by atoms with van der Waals surface area (Å²) in [7, 11) is 1.60. The van der Waals surface area contributed by atoms with Crippen LogP contribution in [0.25, 0.3) is 11.2 Å². The van der Waals surface area contributed by atoms with Crippen molar-refractivity contribution in [3.8, 4) is 17.2 Å². The third-order valence-corrected chi connectivity index (χ3v) is 6.41. The minimum absolute atomic E-state index is 0.00991. The normalized spacial score (nSPS) is 19.9. The number of anilines is 3. The van der Waals surface area contributed by atoms with Crippen molar-refractivity contribution in [2.45, 2.75) is 24.9 Å². The molecule has 3 aromatic heterocycles. The first-order valence-electron chi connectivity index (χ1n) is 11.8. The minimum Gasteiger partial charge on any atom is -0.489 e. The Kier molecular flexibility index (Phi) is 6.23. The van der Waals surface area contributed by atoms with Crippen molar-refractivity contribution in [2.24, 2.45) is 7.05 Å². The zero-order chi connectivity index (χ0) is 26.4. The number of imidazole rings is 1. The van der Waals surface area contributed by atoms with Gasteiger partial charge < -0.3 is 35.1 Å². The van der Waals surface area contributed by atoms with Gasteiger partial charge in [0, 0.05) is 13.5 Å². The van der Waals surface area contributed by atoms with Crippen LogP contribution in [0.4, 0.5) is 17.3 Å². The van der Waals surface area contributed by atoms with Gasteiger partial charge in [0.2, 0.25) is 5.28 Å². The molecule has 0 amide bonds. The lowest BCUT2D eigenvalue weighted by Gasteiger charge is -2.23. The molecule has 2 aliphatic heterocycles. The quantitative estimate of drug-likeness (QED) is 0.173. The number of aliphatic hydroxyl groups is 2. The van der Waals surface area contributed by atoms with Gasteiger partial charge in [-0.3, -0.25) is 9.13 Å². The van der Waals surface area contributed by atoms with Gasteiger partial charge in [0.1, 0.15) is 30.4 Å². The number of aryl methyl sites for hydroxylation is 1. The van der Waals surface area contributed by atoms with Crippen molar-refractivity contribution in [1.82, 2.24) is 29.1 Å². The highest BCUT2D eigenvalue weighted by atomic mass is 35.5. The molecule has 38 heavy (non-hydrogen) atoms. The number of ether oxygens (including phenoxy) is 3. The molecule has 0 unspecified atom stereocenters. The SMILES string of the molecule is Cn1cc2c(nc1=O)Nc1c(OCCNc3nc(Cl)nc4c3ncn4[C@H]3C[C@H](O)[C@@H](CO)O3)cccc1O2. The Hall–Kier alpha value is -3.98. The van der Waals surface area contributed by atoms with Gasteiger partial charge >= 0.3 is 5.69 Å². The zero-order valence-electron chi connectivity index (χ0n) is 20.0. The monoisotopic (exact) mass is 542 g/mol. The lowest BCUT2D eigenvalue weighted by Crippen LogP contribution is -2.24. The molecule has 14 nitrogen and oxygen atoms in total. The van der Waals surface area contributed by atoms with Crippen LogP contribution in [0.1, 0.15) is 12.6 Å². The molecule has 1 aromatic carbocycles. The summed E-state index contributed by atoms with van der Waals surface area (Å²) in [6.45, 7) is 0.301. The van der Waals surface area contributed by atoms with Crippen LogP contribution in [0, 0.1) is 0 Å². The number of aliphatic hydroxyl groups excluding tert-OH is 2. The first-order chi connectivity index (χ1) is 18.4. The van der Waals surface area contributed by atoms with Crippen LogP contribution in [0.15, 0.2) is 35.5 Å². The van der Waals surface area contributed by atoms with Crippen molar-refractivity contribution < 1.29 is 24.4 Å². The van der Waals surface area contributed by atoms with E-state index in [0.717, 1.165) is 0 Å². The van der Waals surface area contributed by atoms with Crippen LogP contribution in [0.3, 0.4) is 0 Å². The van der Waals surface area contributed by atoms with Crippen molar-refractivity contribution in [2.75, 3.05) is 30.4 Å². The smallest absolute Gasteiger partial charge is 0.349 e. The second-order valence-corrected chi connectivity index (χ2v) is 9.10. The van der Waals surface area contributed by atoms with Crippen molar-refractivity contribution in [3.63, 3.8) is 0 Å². The summed E-state index contributed by atoms with van der Waals surface area (Å²) in [6, 6.07) is 5.36. The average molecular weight is 543 g/mol. The Morgan fingerprint density at radius 3 is 2.97 bits per heavy atom. The summed E-state index contributed by atoms with van der Waals surface area (Å²) in [5.74, 6) is 2.22. The van der Waals surface area contributed by atoms with E-state index in [2.05, 4.69) is 30.6 Å². The number of halogens is 1. The molecule has 15 heteroatoms. The second-order valence-electron chi connectivity index (χ2n) is 8.76. The highest BCUT2D eigenvalue weighted by Gasteiger charge is 2.35. The number of hydrogen-bond donors (Lipinski definition) is 4.